The molecule has 0 aromatic heterocycles. The Kier molecular flexibility index (Phi) is 7.80. The zero-order valence-corrected chi connectivity index (χ0v) is 8.49. The van der Waals surface area contributed by atoms with Crippen molar-refractivity contribution in [2.45, 2.75) is 13.3 Å². The molecule has 5 nitrogen and oxygen atoms in total. The lowest BCUT2D eigenvalue weighted by Gasteiger charge is -2.17. The Morgan fingerprint density at radius 3 is 2.86 bits per heavy atom. The van der Waals surface area contributed by atoms with Gasteiger partial charge in [0.2, 0.25) is 5.91 Å². The van der Waals surface area contributed by atoms with Crippen molar-refractivity contribution >= 4 is 5.91 Å². The lowest BCUT2D eigenvalue weighted by molar-refractivity contribution is -0.122. The topological polar surface area (TPSA) is 76.4 Å². The number of aliphatic hydroxyl groups excluding tert-OH is 1. The van der Waals surface area contributed by atoms with Crippen LogP contribution in [0, 0.1) is 11.3 Å². The average Bonchev–Trinajstić information content (AvgIpc) is 2.21. The smallest absolute Gasteiger partial charge is 0.234 e. The van der Waals surface area contributed by atoms with Crippen molar-refractivity contribution in [1.82, 2.24) is 10.2 Å². The van der Waals surface area contributed by atoms with E-state index in [0.717, 1.165) is 6.54 Å². The van der Waals surface area contributed by atoms with Crippen molar-refractivity contribution in [3.05, 3.63) is 0 Å². The van der Waals surface area contributed by atoms with Gasteiger partial charge in [0.1, 0.15) is 0 Å². The van der Waals surface area contributed by atoms with Gasteiger partial charge in [-0.3, -0.25) is 9.69 Å². The molecule has 0 aliphatic carbocycles. The Bertz CT molecular complexity index is 201. The van der Waals surface area contributed by atoms with E-state index in [9.17, 15) is 4.79 Å². The Morgan fingerprint density at radius 1 is 1.64 bits per heavy atom. The molecule has 0 heterocycles. The molecule has 0 radical (unpaired) electrons. The summed E-state index contributed by atoms with van der Waals surface area (Å²) in [7, 11) is 0. The second-order valence-electron chi connectivity index (χ2n) is 2.85. The number of carbonyl (C=O) groups excluding carboxylic acids is 1. The maximum Gasteiger partial charge on any atom is 0.234 e. The monoisotopic (exact) mass is 199 g/mol. The first-order chi connectivity index (χ1) is 6.74. The first kappa shape index (κ1) is 12.9. The molecule has 0 rings (SSSR count). The zero-order valence-electron chi connectivity index (χ0n) is 8.49. The fourth-order valence-electron chi connectivity index (χ4n) is 1.01. The predicted molar refractivity (Wildman–Crippen MR) is 52.4 cm³/mol. The van der Waals surface area contributed by atoms with Crippen molar-refractivity contribution in [2.24, 2.45) is 0 Å². The summed E-state index contributed by atoms with van der Waals surface area (Å²) >= 11 is 0. The van der Waals surface area contributed by atoms with E-state index in [4.69, 9.17) is 10.4 Å². The number of nitrogens with zero attached hydrogens (tertiary/aromatic N) is 2. The standard InChI is InChI=1S/C9H17N3O2/c1-2-12(6-3-4-10)8-9(14)11-5-7-13/h13H,2-3,5-8H2,1H3,(H,11,14). The fourth-order valence-corrected chi connectivity index (χ4v) is 1.01. The molecule has 0 aliphatic rings. The molecule has 0 atom stereocenters. The molecule has 0 saturated carbocycles. The number of amides is 1. The van der Waals surface area contributed by atoms with Crippen molar-refractivity contribution < 1.29 is 9.90 Å². The van der Waals surface area contributed by atoms with Crippen molar-refractivity contribution in [2.75, 3.05) is 32.8 Å². The molecular formula is C9H17N3O2. The quantitative estimate of drug-likeness (QED) is 0.570. The van der Waals surface area contributed by atoms with Gasteiger partial charge in [-0.2, -0.15) is 5.26 Å². The molecule has 0 fully saturated rings. The summed E-state index contributed by atoms with van der Waals surface area (Å²) in [5.74, 6) is -0.112. The van der Waals surface area contributed by atoms with Gasteiger partial charge < -0.3 is 10.4 Å². The average molecular weight is 199 g/mol. The second-order valence-corrected chi connectivity index (χ2v) is 2.85. The van der Waals surface area contributed by atoms with E-state index >= 15 is 0 Å². The minimum absolute atomic E-state index is 0.0456. The molecule has 0 spiro atoms. The first-order valence-electron chi connectivity index (χ1n) is 4.71. The van der Waals surface area contributed by atoms with Gasteiger partial charge in [0, 0.05) is 19.5 Å². The molecular weight excluding hydrogens is 182 g/mol. The molecule has 5 heteroatoms. The molecule has 0 aromatic rings. The van der Waals surface area contributed by atoms with Crippen LogP contribution < -0.4 is 5.32 Å². The van der Waals surface area contributed by atoms with Crippen molar-refractivity contribution in [1.29, 1.82) is 5.26 Å². The fraction of sp³-hybridized carbons (Fsp3) is 0.778. The highest BCUT2D eigenvalue weighted by molar-refractivity contribution is 5.77. The van der Waals surface area contributed by atoms with Crippen LogP contribution in [0.2, 0.25) is 0 Å². The van der Waals surface area contributed by atoms with Gasteiger partial charge in [-0.05, 0) is 6.54 Å². The second kappa shape index (κ2) is 8.48. The van der Waals surface area contributed by atoms with E-state index in [1.54, 1.807) is 0 Å². The number of likely N-dealkylation sites (N-methyl/N-ethyl adjacent to an activating group) is 1. The molecule has 14 heavy (non-hydrogen) atoms. The van der Waals surface area contributed by atoms with E-state index in [0.29, 0.717) is 13.0 Å². The zero-order chi connectivity index (χ0) is 10.8. The van der Waals surface area contributed by atoms with Crippen LogP contribution in [0.15, 0.2) is 0 Å². The van der Waals surface area contributed by atoms with Gasteiger partial charge in [0.25, 0.3) is 0 Å². The molecule has 80 valence electrons. The minimum atomic E-state index is -0.112. The van der Waals surface area contributed by atoms with Gasteiger partial charge in [-0.25, -0.2) is 0 Å². The molecule has 0 saturated heterocycles. The normalized spacial score (nSPS) is 9.86. The van der Waals surface area contributed by atoms with Crippen LogP contribution in [-0.4, -0.2) is 48.7 Å². The highest BCUT2D eigenvalue weighted by Gasteiger charge is 2.07. The van der Waals surface area contributed by atoms with E-state index in [-0.39, 0.29) is 25.6 Å². The Morgan fingerprint density at radius 2 is 2.36 bits per heavy atom. The van der Waals surface area contributed by atoms with Gasteiger partial charge in [0.15, 0.2) is 0 Å². The van der Waals surface area contributed by atoms with Gasteiger partial charge in [-0.1, -0.05) is 6.92 Å². The van der Waals surface area contributed by atoms with E-state index < -0.39 is 0 Å². The van der Waals surface area contributed by atoms with Crippen LogP contribution in [0.4, 0.5) is 0 Å². The molecule has 0 unspecified atom stereocenters. The number of aliphatic hydroxyl groups is 1. The summed E-state index contributed by atoms with van der Waals surface area (Å²) in [6.07, 6.45) is 0.432. The number of hydrogen-bond donors (Lipinski definition) is 2. The molecule has 0 bridgehead atoms. The molecule has 1 amide bonds. The Labute approximate surface area is 84.3 Å². The highest BCUT2D eigenvalue weighted by atomic mass is 16.3. The van der Waals surface area contributed by atoms with Crippen molar-refractivity contribution in [3.63, 3.8) is 0 Å². The summed E-state index contributed by atoms with van der Waals surface area (Å²) in [6.45, 7) is 3.83. The van der Waals surface area contributed by atoms with E-state index in [2.05, 4.69) is 5.32 Å². The van der Waals surface area contributed by atoms with E-state index in [1.807, 2.05) is 17.9 Å². The lowest BCUT2D eigenvalue weighted by Crippen LogP contribution is -2.38. The number of rotatable bonds is 7. The summed E-state index contributed by atoms with van der Waals surface area (Å²) in [5, 5.41) is 19.4. The lowest BCUT2D eigenvalue weighted by atomic mass is 10.4. The molecule has 2 N–H and O–H groups in total. The predicted octanol–water partition coefficient (Wildman–Crippen LogP) is -0.670. The van der Waals surface area contributed by atoms with Crippen LogP contribution in [0.3, 0.4) is 0 Å². The summed E-state index contributed by atoms with van der Waals surface area (Å²) < 4.78 is 0. The number of hydrogen-bond acceptors (Lipinski definition) is 4. The van der Waals surface area contributed by atoms with E-state index in [1.165, 1.54) is 0 Å². The third kappa shape index (κ3) is 6.40. The largest absolute Gasteiger partial charge is 0.395 e. The van der Waals surface area contributed by atoms with Crippen molar-refractivity contribution in [3.8, 4) is 6.07 Å². The first-order valence-corrected chi connectivity index (χ1v) is 4.71. The SMILES string of the molecule is CCN(CCC#N)CC(=O)NCCO. The maximum absolute atomic E-state index is 11.2. The van der Waals surface area contributed by atoms with Crippen LogP contribution in [0.25, 0.3) is 0 Å². The molecule has 0 aromatic carbocycles. The maximum atomic E-state index is 11.2. The summed E-state index contributed by atoms with van der Waals surface area (Å²) in [5.41, 5.74) is 0. The molecule has 0 aliphatic heterocycles. The van der Waals surface area contributed by atoms with Gasteiger partial charge >= 0.3 is 0 Å². The minimum Gasteiger partial charge on any atom is -0.395 e. The summed E-state index contributed by atoms with van der Waals surface area (Å²) in [6, 6.07) is 2.04. The van der Waals surface area contributed by atoms with Crippen LogP contribution >= 0.6 is 0 Å². The van der Waals surface area contributed by atoms with Gasteiger partial charge in [0.05, 0.1) is 19.2 Å². The number of nitrogens with one attached hydrogen (secondary N) is 1. The summed E-state index contributed by atoms with van der Waals surface area (Å²) in [4.78, 5) is 13.1. The number of carbonyl (C=O) groups is 1. The van der Waals surface area contributed by atoms with Crippen LogP contribution in [0.1, 0.15) is 13.3 Å². The van der Waals surface area contributed by atoms with Crippen LogP contribution in [0.5, 0.6) is 0 Å². The third-order valence-electron chi connectivity index (χ3n) is 1.79. The van der Waals surface area contributed by atoms with Crippen LogP contribution in [-0.2, 0) is 4.79 Å². The highest BCUT2D eigenvalue weighted by Crippen LogP contribution is 1.89. The Hall–Kier alpha value is -1.12. The Balaban J connectivity index is 3.69. The van der Waals surface area contributed by atoms with Gasteiger partial charge in [-0.15, -0.1) is 0 Å². The number of nitriles is 1. The third-order valence-corrected chi connectivity index (χ3v) is 1.79.